The summed E-state index contributed by atoms with van der Waals surface area (Å²) in [7, 11) is 0. The smallest absolute Gasteiger partial charge is 0.135 e. The summed E-state index contributed by atoms with van der Waals surface area (Å²) in [6.07, 6.45) is 2.41. The van der Waals surface area contributed by atoms with Crippen LogP contribution in [-0.4, -0.2) is 11.8 Å². The number of benzene rings is 1. The van der Waals surface area contributed by atoms with Crippen molar-refractivity contribution in [1.82, 2.24) is 0 Å². The van der Waals surface area contributed by atoms with Gasteiger partial charge in [-0.3, -0.25) is 4.79 Å². The standard InChI is InChI=1S/C13H15NO/c1-13-7-6-9(15)8-12(13)14-11-5-3-2-4-10(11)13/h2-5,12,14H,6-8H2,1H3/t12-,13-/m0/s1. The molecule has 1 aromatic rings. The fourth-order valence-electron chi connectivity index (χ4n) is 2.96. The molecule has 1 aliphatic carbocycles. The Bertz CT molecular complexity index is 426. The zero-order valence-corrected chi connectivity index (χ0v) is 8.92. The first-order valence-electron chi connectivity index (χ1n) is 5.58. The number of para-hydroxylation sites is 1. The van der Waals surface area contributed by atoms with Gasteiger partial charge in [-0.15, -0.1) is 0 Å². The lowest BCUT2D eigenvalue weighted by Gasteiger charge is -2.35. The summed E-state index contributed by atoms with van der Waals surface area (Å²) in [5.74, 6) is 0.401. The third-order valence-electron chi connectivity index (χ3n) is 4.00. The van der Waals surface area contributed by atoms with Crippen LogP contribution in [0.2, 0.25) is 0 Å². The van der Waals surface area contributed by atoms with E-state index in [-0.39, 0.29) is 5.41 Å². The topological polar surface area (TPSA) is 29.1 Å². The van der Waals surface area contributed by atoms with Crippen molar-refractivity contribution in [2.45, 2.75) is 37.6 Å². The van der Waals surface area contributed by atoms with Crippen molar-refractivity contribution in [1.29, 1.82) is 0 Å². The highest BCUT2D eigenvalue weighted by Crippen LogP contribution is 2.47. The molecule has 1 aromatic carbocycles. The van der Waals surface area contributed by atoms with Crippen molar-refractivity contribution < 1.29 is 4.79 Å². The predicted molar refractivity (Wildman–Crippen MR) is 60.1 cm³/mol. The van der Waals surface area contributed by atoms with Crippen molar-refractivity contribution in [3.8, 4) is 0 Å². The van der Waals surface area contributed by atoms with E-state index in [2.05, 4.69) is 30.4 Å². The lowest BCUT2D eigenvalue weighted by Crippen LogP contribution is -2.42. The third-order valence-corrected chi connectivity index (χ3v) is 4.00. The normalized spacial score (nSPS) is 33.1. The minimum Gasteiger partial charge on any atom is -0.381 e. The second-order valence-electron chi connectivity index (χ2n) is 4.90. The van der Waals surface area contributed by atoms with E-state index in [0.29, 0.717) is 18.2 Å². The van der Waals surface area contributed by atoms with Crippen molar-refractivity contribution >= 4 is 11.5 Å². The monoisotopic (exact) mass is 201 g/mol. The van der Waals surface area contributed by atoms with Gasteiger partial charge in [0, 0.05) is 30.0 Å². The molecular weight excluding hydrogens is 186 g/mol. The molecule has 2 aliphatic rings. The van der Waals surface area contributed by atoms with Crippen LogP contribution in [0.1, 0.15) is 31.7 Å². The fraction of sp³-hybridized carbons (Fsp3) is 0.462. The van der Waals surface area contributed by atoms with Crippen LogP contribution in [0.15, 0.2) is 24.3 Å². The Balaban J connectivity index is 2.07. The summed E-state index contributed by atoms with van der Waals surface area (Å²) in [6.45, 7) is 2.28. The Morgan fingerprint density at radius 3 is 3.07 bits per heavy atom. The number of rotatable bonds is 0. The Hall–Kier alpha value is -1.31. The van der Waals surface area contributed by atoms with E-state index >= 15 is 0 Å². The van der Waals surface area contributed by atoms with Crippen LogP contribution < -0.4 is 5.32 Å². The SMILES string of the molecule is C[C@@]12CCC(=O)C[C@@H]1Nc1ccccc12. The predicted octanol–water partition coefficient (Wildman–Crippen LogP) is 2.49. The van der Waals surface area contributed by atoms with E-state index in [1.165, 1.54) is 11.3 Å². The number of fused-ring (bicyclic) bond motifs is 3. The molecule has 1 heterocycles. The number of hydrogen-bond donors (Lipinski definition) is 1. The summed E-state index contributed by atoms with van der Waals surface area (Å²) < 4.78 is 0. The summed E-state index contributed by atoms with van der Waals surface area (Å²) >= 11 is 0. The highest BCUT2D eigenvalue weighted by Gasteiger charge is 2.46. The number of ketones is 1. The van der Waals surface area contributed by atoms with Crippen LogP contribution in [0.25, 0.3) is 0 Å². The van der Waals surface area contributed by atoms with E-state index in [4.69, 9.17) is 0 Å². The van der Waals surface area contributed by atoms with E-state index in [1.807, 2.05) is 6.07 Å². The molecule has 0 aromatic heterocycles. The molecule has 1 saturated carbocycles. The highest BCUT2D eigenvalue weighted by atomic mass is 16.1. The first-order chi connectivity index (χ1) is 7.20. The first kappa shape index (κ1) is 8.96. The van der Waals surface area contributed by atoms with E-state index in [1.54, 1.807) is 0 Å². The molecule has 2 heteroatoms. The average molecular weight is 201 g/mol. The molecule has 0 radical (unpaired) electrons. The molecule has 2 atom stereocenters. The average Bonchev–Trinajstić information content (AvgIpc) is 2.52. The molecule has 2 nitrogen and oxygen atoms in total. The van der Waals surface area contributed by atoms with Crippen molar-refractivity contribution in [2.75, 3.05) is 5.32 Å². The zero-order chi connectivity index (χ0) is 10.5. The van der Waals surface area contributed by atoms with Gasteiger partial charge in [0.1, 0.15) is 5.78 Å². The lowest BCUT2D eigenvalue weighted by molar-refractivity contribution is -0.121. The van der Waals surface area contributed by atoms with Gasteiger partial charge in [0.15, 0.2) is 0 Å². The third kappa shape index (κ3) is 1.14. The molecular formula is C13H15NO. The number of anilines is 1. The largest absolute Gasteiger partial charge is 0.381 e. The Kier molecular flexibility index (Phi) is 1.70. The Morgan fingerprint density at radius 2 is 2.20 bits per heavy atom. The fourth-order valence-corrected chi connectivity index (χ4v) is 2.96. The molecule has 0 bridgehead atoms. The Labute approximate surface area is 89.7 Å². The zero-order valence-electron chi connectivity index (χ0n) is 8.92. The molecule has 0 saturated heterocycles. The maximum absolute atomic E-state index is 11.5. The van der Waals surface area contributed by atoms with Gasteiger partial charge in [0.05, 0.1) is 0 Å². The number of nitrogens with one attached hydrogen (secondary N) is 1. The van der Waals surface area contributed by atoms with Crippen LogP contribution in [0.3, 0.4) is 0 Å². The first-order valence-corrected chi connectivity index (χ1v) is 5.58. The van der Waals surface area contributed by atoms with Crippen LogP contribution in [0.4, 0.5) is 5.69 Å². The van der Waals surface area contributed by atoms with Crippen LogP contribution in [0, 0.1) is 0 Å². The molecule has 1 aliphatic heterocycles. The van der Waals surface area contributed by atoms with Crippen molar-refractivity contribution in [2.24, 2.45) is 0 Å². The van der Waals surface area contributed by atoms with Crippen molar-refractivity contribution in [3.05, 3.63) is 29.8 Å². The van der Waals surface area contributed by atoms with Crippen LogP contribution in [-0.2, 0) is 10.2 Å². The molecule has 0 amide bonds. The van der Waals surface area contributed by atoms with Gasteiger partial charge >= 0.3 is 0 Å². The van der Waals surface area contributed by atoms with Gasteiger partial charge in [-0.05, 0) is 18.1 Å². The second kappa shape index (κ2) is 2.84. The number of Topliss-reactive ketones (excluding diaryl/α,β-unsaturated/α-hetero) is 1. The number of hydrogen-bond acceptors (Lipinski definition) is 2. The molecule has 1 N–H and O–H groups in total. The minimum absolute atomic E-state index is 0.171. The van der Waals surface area contributed by atoms with Gasteiger partial charge in [-0.2, -0.15) is 0 Å². The van der Waals surface area contributed by atoms with Gasteiger partial charge < -0.3 is 5.32 Å². The lowest BCUT2D eigenvalue weighted by atomic mass is 9.69. The molecule has 0 spiro atoms. The second-order valence-corrected chi connectivity index (χ2v) is 4.90. The van der Waals surface area contributed by atoms with Crippen LogP contribution >= 0.6 is 0 Å². The van der Waals surface area contributed by atoms with E-state index in [0.717, 1.165) is 12.8 Å². The highest BCUT2D eigenvalue weighted by molar-refractivity contribution is 5.82. The quantitative estimate of drug-likeness (QED) is 0.698. The number of carbonyl (C=O) groups excluding carboxylic acids is 1. The van der Waals surface area contributed by atoms with Crippen molar-refractivity contribution in [3.63, 3.8) is 0 Å². The van der Waals surface area contributed by atoms with E-state index < -0.39 is 0 Å². The molecule has 1 fully saturated rings. The maximum atomic E-state index is 11.5. The van der Waals surface area contributed by atoms with Gasteiger partial charge in [-0.1, -0.05) is 25.1 Å². The maximum Gasteiger partial charge on any atom is 0.135 e. The summed E-state index contributed by atoms with van der Waals surface area (Å²) in [5, 5.41) is 3.49. The summed E-state index contributed by atoms with van der Waals surface area (Å²) in [5.41, 5.74) is 2.78. The van der Waals surface area contributed by atoms with Crippen LogP contribution in [0.5, 0.6) is 0 Å². The van der Waals surface area contributed by atoms with Gasteiger partial charge in [0.2, 0.25) is 0 Å². The van der Waals surface area contributed by atoms with Gasteiger partial charge in [-0.25, -0.2) is 0 Å². The summed E-state index contributed by atoms with van der Waals surface area (Å²) in [6, 6.07) is 8.76. The number of carbonyl (C=O) groups is 1. The molecule has 0 unspecified atom stereocenters. The molecule has 78 valence electrons. The van der Waals surface area contributed by atoms with Gasteiger partial charge in [0.25, 0.3) is 0 Å². The Morgan fingerprint density at radius 1 is 1.40 bits per heavy atom. The molecule has 15 heavy (non-hydrogen) atoms. The van der Waals surface area contributed by atoms with E-state index in [9.17, 15) is 4.79 Å². The summed E-state index contributed by atoms with van der Waals surface area (Å²) in [4.78, 5) is 11.5. The molecule has 3 rings (SSSR count). The minimum atomic E-state index is 0.171.